The van der Waals surface area contributed by atoms with Gasteiger partial charge in [-0.2, -0.15) is 9.50 Å². The molecule has 9 heteroatoms. The molecule has 1 fully saturated rings. The highest BCUT2D eigenvalue weighted by molar-refractivity contribution is 5.94. The molecule has 9 nitrogen and oxygen atoms in total. The SMILES string of the molecule is Cc1nc2ncc(C(=O)N3CCC[C@@H]3c3cc(C(C)C)on3)c(=O)n2[nH]1. The molecule has 1 saturated heterocycles. The van der Waals surface area contributed by atoms with Crippen LogP contribution in [0.5, 0.6) is 0 Å². The van der Waals surface area contributed by atoms with Crippen LogP contribution < -0.4 is 5.56 Å². The van der Waals surface area contributed by atoms with Crippen LogP contribution in [-0.4, -0.2) is 42.1 Å². The molecule has 3 aromatic rings. The number of amides is 1. The van der Waals surface area contributed by atoms with Gasteiger partial charge in [0.1, 0.15) is 22.8 Å². The fourth-order valence-electron chi connectivity index (χ4n) is 3.31. The van der Waals surface area contributed by atoms with Crippen molar-refractivity contribution in [1.82, 2.24) is 29.6 Å². The third kappa shape index (κ3) is 2.59. The average Bonchev–Trinajstić information content (AvgIpc) is 3.32. The number of hydrogen-bond acceptors (Lipinski definition) is 6. The third-order valence-electron chi connectivity index (χ3n) is 4.69. The highest BCUT2D eigenvalue weighted by atomic mass is 16.5. The second-order valence-electron chi connectivity index (χ2n) is 6.89. The maximum Gasteiger partial charge on any atom is 0.286 e. The van der Waals surface area contributed by atoms with E-state index in [1.54, 1.807) is 11.8 Å². The lowest BCUT2D eigenvalue weighted by atomic mass is 10.1. The summed E-state index contributed by atoms with van der Waals surface area (Å²) in [6.07, 6.45) is 2.94. The fraction of sp³-hybridized carbons (Fsp3) is 0.471. The Morgan fingerprint density at radius 1 is 1.42 bits per heavy atom. The molecule has 1 atom stereocenters. The van der Waals surface area contributed by atoms with Crippen LogP contribution in [0.15, 0.2) is 21.6 Å². The second-order valence-corrected chi connectivity index (χ2v) is 6.89. The Labute approximate surface area is 149 Å². The first kappa shape index (κ1) is 16.5. The monoisotopic (exact) mass is 356 g/mol. The number of rotatable bonds is 3. The van der Waals surface area contributed by atoms with Crippen molar-refractivity contribution >= 4 is 11.7 Å². The first-order valence-electron chi connectivity index (χ1n) is 8.67. The molecule has 0 bridgehead atoms. The summed E-state index contributed by atoms with van der Waals surface area (Å²) in [5.74, 6) is 1.47. The minimum absolute atomic E-state index is 0.0191. The van der Waals surface area contributed by atoms with Crippen molar-refractivity contribution < 1.29 is 9.32 Å². The summed E-state index contributed by atoms with van der Waals surface area (Å²) < 4.78 is 6.57. The summed E-state index contributed by atoms with van der Waals surface area (Å²) in [4.78, 5) is 35.6. The van der Waals surface area contributed by atoms with Gasteiger partial charge < -0.3 is 9.42 Å². The summed E-state index contributed by atoms with van der Waals surface area (Å²) in [7, 11) is 0. The van der Waals surface area contributed by atoms with E-state index in [0.717, 1.165) is 24.3 Å². The summed E-state index contributed by atoms with van der Waals surface area (Å²) in [5, 5.41) is 6.94. The molecule has 0 aromatic carbocycles. The normalized spacial score (nSPS) is 17.5. The Morgan fingerprint density at radius 2 is 2.23 bits per heavy atom. The van der Waals surface area contributed by atoms with Gasteiger partial charge >= 0.3 is 0 Å². The molecule has 0 saturated carbocycles. The van der Waals surface area contributed by atoms with Gasteiger partial charge in [-0.15, -0.1) is 0 Å². The summed E-state index contributed by atoms with van der Waals surface area (Å²) in [5.41, 5.74) is 0.297. The van der Waals surface area contributed by atoms with Crippen molar-refractivity contribution in [2.45, 2.75) is 45.6 Å². The van der Waals surface area contributed by atoms with Crippen molar-refractivity contribution in [1.29, 1.82) is 0 Å². The maximum atomic E-state index is 13.0. The number of fused-ring (bicyclic) bond motifs is 1. The Bertz CT molecular complexity index is 1030. The van der Waals surface area contributed by atoms with Crippen LogP contribution in [0.1, 0.15) is 66.3 Å². The third-order valence-corrected chi connectivity index (χ3v) is 4.69. The lowest BCUT2D eigenvalue weighted by molar-refractivity contribution is 0.0728. The van der Waals surface area contributed by atoms with E-state index in [1.165, 1.54) is 10.7 Å². The molecule has 4 heterocycles. The number of nitrogens with zero attached hydrogens (tertiary/aromatic N) is 5. The van der Waals surface area contributed by atoms with Crippen LogP contribution in [0, 0.1) is 6.92 Å². The van der Waals surface area contributed by atoms with E-state index in [-0.39, 0.29) is 29.2 Å². The Hall–Kier alpha value is -2.97. The molecular formula is C17H20N6O3. The van der Waals surface area contributed by atoms with Gasteiger partial charge in [0.25, 0.3) is 17.2 Å². The van der Waals surface area contributed by atoms with Gasteiger partial charge in [-0.05, 0) is 19.8 Å². The van der Waals surface area contributed by atoms with Crippen molar-refractivity contribution in [2.24, 2.45) is 0 Å². The lowest BCUT2D eigenvalue weighted by Gasteiger charge is -2.22. The average molecular weight is 356 g/mol. The predicted octanol–water partition coefficient (Wildman–Crippen LogP) is 1.81. The minimum atomic E-state index is -0.450. The minimum Gasteiger partial charge on any atom is -0.361 e. The zero-order chi connectivity index (χ0) is 18.4. The Balaban J connectivity index is 1.68. The first-order chi connectivity index (χ1) is 12.5. The van der Waals surface area contributed by atoms with Gasteiger partial charge in [-0.3, -0.25) is 14.7 Å². The van der Waals surface area contributed by atoms with Gasteiger partial charge in [-0.25, -0.2) is 4.98 Å². The molecule has 1 N–H and O–H groups in total. The predicted molar refractivity (Wildman–Crippen MR) is 91.9 cm³/mol. The number of nitrogens with one attached hydrogen (secondary N) is 1. The molecule has 26 heavy (non-hydrogen) atoms. The van der Waals surface area contributed by atoms with Crippen molar-refractivity contribution in [2.75, 3.05) is 6.54 Å². The van der Waals surface area contributed by atoms with E-state index in [4.69, 9.17) is 4.52 Å². The number of H-pyrrole nitrogens is 1. The smallest absolute Gasteiger partial charge is 0.286 e. The molecule has 0 radical (unpaired) electrons. The number of aromatic nitrogens is 5. The van der Waals surface area contributed by atoms with Gasteiger partial charge in [-0.1, -0.05) is 19.0 Å². The Kier molecular flexibility index (Phi) is 3.86. The van der Waals surface area contributed by atoms with Gasteiger partial charge in [0.2, 0.25) is 0 Å². The van der Waals surface area contributed by atoms with E-state index >= 15 is 0 Å². The maximum absolute atomic E-state index is 13.0. The van der Waals surface area contributed by atoms with Crippen LogP contribution >= 0.6 is 0 Å². The molecule has 1 aliphatic rings. The number of carbonyl (C=O) groups is 1. The summed E-state index contributed by atoms with van der Waals surface area (Å²) in [6, 6.07) is 1.70. The van der Waals surface area contributed by atoms with Crippen LogP contribution in [0.25, 0.3) is 5.78 Å². The molecule has 0 spiro atoms. The van der Waals surface area contributed by atoms with Crippen LogP contribution in [0.2, 0.25) is 0 Å². The van der Waals surface area contributed by atoms with Crippen LogP contribution in [0.4, 0.5) is 0 Å². The molecule has 3 aromatic heterocycles. The van der Waals surface area contributed by atoms with Crippen molar-refractivity contribution in [3.8, 4) is 0 Å². The zero-order valence-corrected chi connectivity index (χ0v) is 14.9. The number of aryl methyl sites for hydroxylation is 1. The molecule has 0 aliphatic carbocycles. The first-order valence-corrected chi connectivity index (χ1v) is 8.67. The number of aromatic amines is 1. The van der Waals surface area contributed by atoms with E-state index in [0.29, 0.717) is 12.4 Å². The van der Waals surface area contributed by atoms with E-state index in [2.05, 4.69) is 20.2 Å². The second kappa shape index (κ2) is 6.08. The van der Waals surface area contributed by atoms with E-state index < -0.39 is 5.56 Å². The number of hydrogen-bond donors (Lipinski definition) is 1. The highest BCUT2D eigenvalue weighted by Gasteiger charge is 2.34. The molecule has 0 unspecified atom stereocenters. The van der Waals surface area contributed by atoms with Crippen LogP contribution in [-0.2, 0) is 0 Å². The lowest BCUT2D eigenvalue weighted by Crippen LogP contribution is -2.35. The Morgan fingerprint density at radius 3 is 2.96 bits per heavy atom. The van der Waals surface area contributed by atoms with Crippen molar-refractivity contribution in [3.05, 3.63) is 45.5 Å². The van der Waals surface area contributed by atoms with Gasteiger partial charge in [0.15, 0.2) is 0 Å². The van der Waals surface area contributed by atoms with Gasteiger partial charge in [0.05, 0.1) is 6.04 Å². The standard InChI is InChI=1S/C17H20N6O3/c1-9(2)14-7-12(21-26-14)13-5-4-6-22(13)15(24)11-8-18-17-19-10(3)20-23(17)16(11)25/h7-9,13H,4-6H2,1-3H3,(H,18,19,20)/t13-/m1/s1. The fourth-order valence-corrected chi connectivity index (χ4v) is 3.31. The molecular weight excluding hydrogens is 336 g/mol. The highest BCUT2D eigenvalue weighted by Crippen LogP contribution is 2.33. The topological polar surface area (TPSA) is 109 Å². The van der Waals surface area contributed by atoms with E-state index in [9.17, 15) is 9.59 Å². The quantitative estimate of drug-likeness (QED) is 0.766. The summed E-state index contributed by atoms with van der Waals surface area (Å²) >= 11 is 0. The van der Waals surface area contributed by atoms with E-state index in [1.807, 2.05) is 19.9 Å². The molecule has 1 aliphatic heterocycles. The molecule has 4 rings (SSSR count). The zero-order valence-electron chi connectivity index (χ0n) is 14.9. The number of likely N-dealkylation sites (tertiary alicyclic amines) is 1. The van der Waals surface area contributed by atoms with Crippen LogP contribution in [0.3, 0.4) is 0 Å². The molecule has 1 amide bonds. The molecule has 136 valence electrons. The number of carbonyl (C=O) groups excluding carboxylic acids is 1. The van der Waals surface area contributed by atoms with Crippen molar-refractivity contribution in [3.63, 3.8) is 0 Å². The summed E-state index contributed by atoms with van der Waals surface area (Å²) in [6.45, 7) is 6.34. The van der Waals surface area contributed by atoms with Gasteiger partial charge in [0, 0.05) is 24.7 Å². The largest absolute Gasteiger partial charge is 0.361 e.